The van der Waals surface area contributed by atoms with E-state index in [0.29, 0.717) is 27.7 Å². The number of aliphatic hydroxyl groups is 1. The van der Waals surface area contributed by atoms with Crippen molar-refractivity contribution in [2.45, 2.75) is 50.9 Å². The van der Waals surface area contributed by atoms with Crippen LogP contribution in [0.3, 0.4) is 0 Å². The molecule has 3 aromatic rings. The van der Waals surface area contributed by atoms with E-state index in [1.807, 2.05) is 56.3 Å². The molecular formula is C23H28N2O3S. The number of hydrogen-bond donors (Lipinski definition) is 1. The predicted octanol–water partition coefficient (Wildman–Crippen LogP) is 4.63. The molecule has 5 nitrogen and oxygen atoms in total. The molecule has 1 aromatic heterocycles. The summed E-state index contributed by atoms with van der Waals surface area (Å²) >= 11 is 1.38. The van der Waals surface area contributed by atoms with Crippen molar-refractivity contribution in [3.05, 3.63) is 64.4 Å². The molecule has 154 valence electrons. The highest BCUT2D eigenvalue weighted by atomic mass is 32.2. The van der Waals surface area contributed by atoms with Crippen LogP contribution >= 0.6 is 11.8 Å². The van der Waals surface area contributed by atoms with Gasteiger partial charge in [-0.15, -0.1) is 0 Å². The van der Waals surface area contributed by atoms with Gasteiger partial charge in [0, 0.05) is 11.8 Å². The molecular weight excluding hydrogens is 384 g/mol. The minimum Gasteiger partial charge on any atom is -0.491 e. The standard InChI is InChI=1S/C23H28N2O3S/c1-15(2)18-9-6-8-12-21(18)28-13-17(26)14-29-23-24-20-11-7-5-10-19(20)22(27)25(23)16(3)4/h5-12,15-17,26H,13-14H2,1-4H3/t17-/m1/s1. The zero-order valence-electron chi connectivity index (χ0n) is 17.3. The van der Waals surface area contributed by atoms with Gasteiger partial charge in [0.15, 0.2) is 5.16 Å². The summed E-state index contributed by atoms with van der Waals surface area (Å²) in [5.41, 5.74) is 1.75. The highest BCUT2D eigenvalue weighted by Crippen LogP contribution is 2.26. The van der Waals surface area contributed by atoms with Gasteiger partial charge in [0.2, 0.25) is 0 Å². The van der Waals surface area contributed by atoms with E-state index in [2.05, 4.69) is 18.8 Å². The van der Waals surface area contributed by atoms with E-state index in [1.54, 1.807) is 10.6 Å². The molecule has 1 heterocycles. The molecule has 1 N–H and O–H groups in total. The molecule has 0 aliphatic carbocycles. The van der Waals surface area contributed by atoms with Gasteiger partial charge in [-0.3, -0.25) is 9.36 Å². The fourth-order valence-corrected chi connectivity index (χ4v) is 4.21. The van der Waals surface area contributed by atoms with Crippen LogP contribution in [0.1, 0.15) is 45.2 Å². The lowest BCUT2D eigenvalue weighted by atomic mass is 10.0. The molecule has 0 fully saturated rings. The van der Waals surface area contributed by atoms with Gasteiger partial charge in [-0.2, -0.15) is 0 Å². The maximum Gasteiger partial charge on any atom is 0.262 e. The molecule has 0 spiro atoms. The van der Waals surface area contributed by atoms with Crippen LogP contribution in [-0.4, -0.2) is 33.1 Å². The SMILES string of the molecule is CC(C)c1ccccc1OC[C@@H](O)CSc1nc2ccccc2c(=O)n1C(C)C. The topological polar surface area (TPSA) is 64.3 Å². The summed E-state index contributed by atoms with van der Waals surface area (Å²) in [6, 6.07) is 15.2. The van der Waals surface area contributed by atoms with Gasteiger partial charge in [-0.1, -0.05) is 55.9 Å². The number of hydrogen-bond acceptors (Lipinski definition) is 5. The first-order valence-electron chi connectivity index (χ1n) is 9.92. The number of aromatic nitrogens is 2. The average molecular weight is 413 g/mol. The molecule has 3 rings (SSSR count). The van der Waals surface area contributed by atoms with Crippen LogP contribution in [0.15, 0.2) is 58.5 Å². The molecule has 0 aliphatic rings. The van der Waals surface area contributed by atoms with Crippen molar-refractivity contribution in [2.75, 3.05) is 12.4 Å². The summed E-state index contributed by atoms with van der Waals surface area (Å²) in [4.78, 5) is 17.5. The van der Waals surface area contributed by atoms with Gasteiger partial charge in [0.05, 0.1) is 17.0 Å². The third-order valence-corrected chi connectivity index (χ3v) is 5.77. The Bertz CT molecular complexity index is 1030. The maximum atomic E-state index is 12.9. The van der Waals surface area contributed by atoms with Crippen molar-refractivity contribution in [2.24, 2.45) is 0 Å². The highest BCUT2D eigenvalue weighted by Gasteiger charge is 2.16. The second-order valence-corrected chi connectivity index (χ2v) is 8.64. The summed E-state index contributed by atoms with van der Waals surface area (Å²) in [5.74, 6) is 1.54. The fourth-order valence-electron chi connectivity index (χ4n) is 3.18. The molecule has 0 saturated heterocycles. The van der Waals surface area contributed by atoms with Crippen molar-refractivity contribution >= 4 is 22.7 Å². The number of ether oxygens (including phenoxy) is 1. The molecule has 0 bridgehead atoms. The molecule has 0 unspecified atom stereocenters. The van der Waals surface area contributed by atoms with E-state index in [1.165, 1.54) is 11.8 Å². The third kappa shape index (κ3) is 5.00. The Hall–Kier alpha value is -2.31. The molecule has 2 aromatic carbocycles. The molecule has 29 heavy (non-hydrogen) atoms. The van der Waals surface area contributed by atoms with Gasteiger partial charge in [0.25, 0.3) is 5.56 Å². The number of thioether (sulfide) groups is 1. The van der Waals surface area contributed by atoms with Crippen molar-refractivity contribution in [1.82, 2.24) is 9.55 Å². The zero-order chi connectivity index (χ0) is 21.0. The number of nitrogens with zero attached hydrogens (tertiary/aromatic N) is 2. The molecule has 6 heteroatoms. The summed E-state index contributed by atoms with van der Waals surface area (Å²) in [5, 5.41) is 11.7. The monoisotopic (exact) mass is 412 g/mol. The van der Waals surface area contributed by atoms with Crippen LogP contribution in [0.5, 0.6) is 5.75 Å². The Balaban J connectivity index is 1.72. The maximum absolute atomic E-state index is 12.9. The Morgan fingerprint density at radius 2 is 1.76 bits per heavy atom. The Labute approximate surface area is 175 Å². The van der Waals surface area contributed by atoms with Crippen molar-refractivity contribution in [3.8, 4) is 5.75 Å². The molecule has 0 amide bonds. The quantitative estimate of drug-likeness (QED) is 0.432. The largest absolute Gasteiger partial charge is 0.491 e. The summed E-state index contributed by atoms with van der Waals surface area (Å²) in [6.07, 6.45) is -0.677. The van der Waals surface area contributed by atoms with Crippen LogP contribution in [0, 0.1) is 0 Å². The second-order valence-electron chi connectivity index (χ2n) is 7.65. The third-order valence-electron chi connectivity index (χ3n) is 4.67. The average Bonchev–Trinajstić information content (AvgIpc) is 2.70. The van der Waals surface area contributed by atoms with Crippen LogP contribution in [0.4, 0.5) is 0 Å². The highest BCUT2D eigenvalue weighted by molar-refractivity contribution is 7.99. The summed E-state index contributed by atoms with van der Waals surface area (Å²) in [6.45, 7) is 8.35. The summed E-state index contributed by atoms with van der Waals surface area (Å²) in [7, 11) is 0. The number of rotatable bonds is 8. The van der Waals surface area contributed by atoms with Gasteiger partial charge in [-0.05, 0) is 43.5 Å². The minimum atomic E-state index is -0.677. The first-order valence-corrected chi connectivity index (χ1v) is 10.9. The fraction of sp³-hybridized carbons (Fsp3) is 0.391. The molecule has 0 aliphatic heterocycles. The van der Waals surface area contributed by atoms with Gasteiger partial charge >= 0.3 is 0 Å². The number of fused-ring (bicyclic) bond motifs is 1. The Morgan fingerprint density at radius 1 is 1.07 bits per heavy atom. The van der Waals surface area contributed by atoms with E-state index < -0.39 is 6.10 Å². The van der Waals surface area contributed by atoms with E-state index in [-0.39, 0.29) is 18.2 Å². The van der Waals surface area contributed by atoms with Crippen LogP contribution in [-0.2, 0) is 0 Å². The number of benzene rings is 2. The molecule has 0 radical (unpaired) electrons. The van der Waals surface area contributed by atoms with Gasteiger partial charge in [-0.25, -0.2) is 4.98 Å². The number of aliphatic hydroxyl groups excluding tert-OH is 1. The van der Waals surface area contributed by atoms with E-state index >= 15 is 0 Å². The van der Waals surface area contributed by atoms with Gasteiger partial charge in [0.1, 0.15) is 12.4 Å². The lowest BCUT2D eigenvalue weighted by molar-refractivity contribution is 0.125. The molecule has 0 saturated carbocycles. The second kappa shape index (κ2) is 9.46. The van der Waals surface area contributed by atoms with E-state index in [0.717, 1.165) is 11.3 Å². The lowest BCUT2D eigenvalue weighted by Gasteiger charge is -2.18. The van der Waals surface area contributed by atoms with Crippen LogP contribution < -0.4 is 10.3 Å². The lowest BCUT2D eigenvalue weighted by Crippen LogP contribution is -2.26. The van der Waals surface area contributed by atoms with E-state index in [9.17, 15) is 9.90 Å². The van der Waals surface area contributed by atoms with Crippen molar-refractivity contribution in [1.29, 1.82) is 0 Å². The normalized spacial score (nSPS) is 12.7. The number of para-hydroxylation sites is 2. The zero-order valence-corrected chi connectivity index (χ0v) is 18.1. The Kier molecular flexibility index (Phi) is 6.98. The summed E-state index contributed by atoms with van der Waals surface area (Å²) < 4.78 is 7.56. The van der Waals surface area contributed by atoms with Crippen LogP contribution in [0.2, 0.25) is 0 Å². The first kappa shape index (κ1) is 21.4. The molecule has 1 atom stereocenters. The first-order chi connectivity index (χ1) is 13.9. The van der Waals surface area contributed by atoms with Crippen molar-refractivity contribution < 1.29 is 9.84 Å². The smallest absolute Gasteiger partial charge is 0.262 e. The van der Waals surface area contributed by atoms with Crippen molar-refractivity contribution in [3.63, 3.8) is 0 Å². The predicted molar refractivity (Wildman–Crippen MR) is 119 cm³/mol. The van der Waals surface area contributed by atoms with Crippen LogP contribution in [0.25, 0.3) is 10.9 Å². The van der Waals surface area contributed by atoms with E-state index in [4.69, 9.17) is 4.74 Å². The Morgan fingerprint density at radius 3 is 2.48 bits per heavy atom. The minimum absolute atomic E-state index is 0.0200. The van der Waals surface area contributed by atoms with Gasteiger partial charge < -0.3 is 9.84 Å².